The minimum absolute atomic E-state index is 0.0155. The number of phenols is 2. The van der Waals surface area contributed by atoms with Crippen molar-refractivity contribution in [3.05, 3.63) is 300 Å². The van der Waals surface area contributed by atoms with Gasteiger partial charge in [-0.3, -0.25) is 0 Å². The Balaban J connectivity index is 0.000000182. The second kappa shape index (κ2) is 40.3. The number of aromatic hydroxyl groups is 2. The Hall–Kier alpha value is -11.2. The summed E-state index contributed by atoms with van der Waals surface area (Å²) in [4.78, 5) is 0. The molecule has 2 fully saturated rings. The van der Waals surface area contributed by atoms with E-state index in [1.54, 1.807) is 0 Å². The molecule has 16 aromatic rings. The van der Waals surface area contributed by atoms with Gasteiger partial charge in [-0.25, -0.2) is 0 Å². The normalized spacial score (nSPS) is 15.6. The Morgan fingerprint density at radius 1 is 0.336 bits per heavy atom. The maximum atomic E-state index is 12.7. The third-order valence-electron chi connectivity index (χ3n) is 28.8. The van der Waals surface area contributed by atoms with E-state index in [0.717, 1.165) is 152 Å². The number of rotatable bonds is 20. The van der Waals surface area contributed by atoms with Gasteiger partial charge in [-0.15, -0.1) is 0 Å². The van der Waals surface area contributed by atoms with Gasteiger partial charge in [0.25, 0.3) is 0 Å². The highest BCUT2D eigenvalue weighted by Gasteiger charge is 2.53. The molecule has 2 aliphatic rings. The van der Waals surface area contributed by atoms with Crippen LogP contribution in [0.5, 0.6) is 40.2 Å². The minimum atomic E-state index is -0.565. The van der Waals surface area contributed by atoms with E-state index in [1.165, 1.54) is 71.4 Å². The molecule has 143 heavy (non-hydrogen) atoms. The summed E-state index contributed by atoms with van der Waals surface area (Å²) in [5.41, 5.74) is 27.3. The van der Waals surface area contributed by atoms with Crippen LogP contribution in [-0.4, -0.2) is 79.5 Å². The molecule has 2 aliphatic heterocycles. The SMILES string of the molecule is Cc1cc(B2OC(C)(C)C(C)(C)O2)c(OC2CCCCO2)c(-n2c3ccc(C(C)(C)C)cc3c3cc(C(C)(C)C)ccc32)c1.Cc1ccc(O[C@H](C)C[C@H](C)Oc2ccc(C)cc2-c2cc(C)cc(-n3c4ccc(C)cc4c4cc(C(C)(C)C)ccc43)c2O)c(-c2cc(C)cc(-n3c4ccc(C(C)(C)C)cc4c4cc(C(C)(C)C)ccc43)c2O)c1.Cc1ccc(O[C@H](C)C[C@H](C)Oc2ccc(C)cc2Br)c(Br)c1. The standard InChI is InChI=1S/C70H76N2O4.C38H50BNO4.C19H22Br2O2/c1-40-17-23-58-50(29-40)51-37-47(68(8,9)10)20-24-59(51)71(58)62-34-43(4)32-56(66(62)73)54-30-41(2)18-27-64(54)75-45(6)36-46(7)76-65-28-19-42(3)31-55(65)57-33-44(5)35-63(67(57)74)72-60-25-21-48(69(11,12)13)38-52(60)53-39-49(70(14,15)16)22-26-61(53)72;1-24-20-29(39-43-37(8,9)38(10,11)44-39)34(42-33-14-12-13-19-41-33)32(21-24)40-30-17-15-25(35(2,3)4)22-27(30)28-23-26(36(5,6)7)16-18-31(28)40;1-12-5-7-18(16(20)9-12)22-14(3)11-15(4)23-19-8-6-13(2)10-17(19)21/h17-35,37-39,45-46,73-74H,36H2,1-16H3;15-18,20-23,33H,12-14,19H2,1-11H3;5-10,14-15H,11H2,1-4H3/t45-,46+;;14-,15+/m0../s1. The molecule has 0 spiro atoms. The molecule has 1 unspecified atom stereocenters. The van der Waals surface area contributed by atoms with Gasteiger partial charge in [0.1, 0.15) is 40.2 Å². The van der Waals surface area contributed by atoms with Gasteiger partial charge in [-0.2, -0.15) is 0 Å². The van der Waals surface area contributed by atoms with Crippen LogP contribution in [0.15, 0.2) is 227 Å². The van der Waals surface area contributed by atoms with Crippen molar-refractivity contribution in [3.63, 3.8) is 0 Å². The van der Waals surface area contributed by atoms with E-state index in [1.807, 2.05) is 24.3 Å². The lowest BCUT2D eigenvalue weighted by molar-refractivity contribution is -0.105. The summed E-state index contributed by atoms with van der Waals surface area (Å²) < 4.78 is 61.0. The molecule has 0 amide bonds. The molecular weight excluding hydrogens is 1900 g/mol. The quantitative estimate of drug-likeness (QED) is 0.0712. The minimum Gasteiger partial charge on any atom is -0.505 e. The Bertz CT molecular complexity index is 7300. The third kappa shape index (κ3) is 22.3. The van der Waals surface area contributed by atoms with E-state index < -0.39 is 18.3 Å². The van der Waals surface area contributed by atoms with E-state index in [-0.39, 0.29) is 69.3 Å². The lowest BCUT2D eigenvalue weighted by Gasteiger charge is -2.32. The first-order valence-corrected chi connectivity index (χ1v) is 52.8. The first-order valence-electron chi connectivity index (χ1n) is 51.2. The summed E-state index contributed by atoms with van der Waals surface area (Å²) in [6.07, 6.45) is 3.65. The van der Waals surface area contributed by atoms with E-state index >= 15 is 0 Å². The second-order valence-corrected chi connectivity index (χ2v) is 48.8. The molecule has 0 bridgehead atoms. The molecule has 748 valence electrons. The molecule has 2 N–H and O–H groups in total. The molecule has 18 rings (SSSR count). The molecule has 0 radical (unpaired) electrons. The predicted octanol–water partition coefficient (Wildman–Crippen LogP) is 34.0. The van der Waals surface area contributed by atoms with Crippen LogP contribution in [0.2, 0.25) is 0 Å². The van der Waals surface area contributed by atoms with Gasteiger partial charge >= 0.3 is 7.12 Å². The highest BCUT2D eigenvalue weighted by molar-refractivity contribution is 9.11. The third-order valence-corrected chi connectivity index (χ3v) is 30.0. The van der Waals surface area contributed by atoms with Crippen LogP contribution in [0.25, 0.3) is 105 Å². The number of nitrogens with zero attached hydrogens (tertiary/aromatic N) is 3. The summed E-state index contributed by atoms with van der Waals surface area (Å²) in [6, 6.07) is 78.1. The van der Waals surface area contributed by atoms with Crippen molar-refractivity contribution in [3.8, 4) is 79.6 Å². The largest absolute Gasteiger partial charge is 0.505 e. The van der Waals surface area contributed by atoms with Crippen molar-refractivity contribution in [1.29, 1.82) is 0 Å². The van der Waals surface area contributed by atoms with Gasteiger partial charge in [0, 0.05) is 79.3 Å². The number of benzene rings is 13. The van der Waals surface area contributed by atoms with E-state index in [0.29, 0.717) is 35.7 Å². The zero-order chi connectivity index (χ0) is 103. The summed E-state index contributed by atoms with van der Waals surface area (Å²) in [5.74, 6) is 4.26. The van der Waals surface area contributed by atoms with Crippen LogP contribution in [0.4, 0.5) is 0 Å². The van der Waals surface area contributed by atoms with Crippen LogP contribution in [0, 0.1) is 55.4 Å². The van der Waals surface area contributed by atoms with Crippen LogP contribution >= 0.6 is 31.9 Å². The number of phenolic OH excluding ortho intramolecular Hbond substituents is 2. The maximum absolute atomic E-state index is 12.7. The fourth-order valence-electron chi connectivity index (χ4n) is 20.0. The fourth-order valence-corrected chi connectivity index (χ4v) is 21.2. The van der Waals surface area contributed by atoms with Crippen molar-refractivity contribution < 1.29 is 47.9 Å². The molecular formula is C127H148BBr2N3O10. The van der Waals surface area contributed by atoms with Gasteiger partial charge in [-0.1, -0.05) is 187 Å². The van der Waals surface area contributed by atoms with Crippen molar-refractivity contribution in [1.82, 2.24) is 13.7 Å². The molecule has 13 nitrogen and oxygen atoms in total. The smallest absolute Gasteiger partial charge is 0.498 e. The number of hydrogen-bond acceptors (Lipinski definition) is 10. The van der Waals surface area contributed by atoms with Crippen LogP contribution in [-0.2, 0) is 41.1 Å². The molecule has 0 saturated carbocycles. The number of hydrogen-bond donors (Lipinski definition) is 2. The average molecular weight is 2050 g/mol. The Labute approximate surface area is 866 Å². The highest BCUT2D eigenvalue weighted by atomic mass is 79.9. The van der Waals surface area contributed by atoms with Gasteiger partial charge in [0.2, 0.25) is 0 Å². The monoisotopic (exact) mass is 2040 g/mol. The average Bonchev–Trinajstić information content (AvgIpc) is 1.58. The number of aromatic nitrogens is 3. The second-order valence-electron chi connectivity index (χ2n) is 47.1. The van der Waals surface area contributed by atoms with Crippen molar-refractivity contribution in [2.75, 3.05) is 6.61 Å². The fraction of sp³-hybridized carbons (Fsp3) is 0.386. The lowest BCUT2D eigenvalue weighted by atomic mass is 9.77. The van der Waals surface area contributed by atoms with E-state index in [4.69, 9.17) is 37.7 Å². The zero-order valence-electron chi connectivity index (χ0n) is 90.2. The molecule has 3 aromatic heterocycles. The van der Waals surface area contributed by atoms with Crippen molar-refractivity contribution >= 4 is 110 Å². The molecule has 5 atom stereocenters. The summed E-state index contributed by atoms with van der Waals surface area (Å²) in [5, 5.41) is 32.4. The summed E-state index contributed by atoms with van der Waals surface area (Å²) >= 11 is 7.10. The maximum Gasteiger partial charge on any atom is 0.498 e. The molecule has 0 aliphatic carbocycles. The zero-order valence-corrected chi connectivity index (χ0v) is 93.4. The van der Waals surface area contributed by atoms with Crippen LogP contribution in [0.1, 0.15) is 264 Å². The Kier molecular flexibility index (Phi) is 29.5. The molecule has 5 heterocycles. The first-order chi connectivity index (χ1) is 67.0. The van der Waals surface area contributed by atoms with Gasteiger partial charge < -0.3 is 61.6 Å². The number of halogens is 2. The number of ether oxygens (including phenoxy) is 6. The van der Waals surface area contributed by atoms with Gasteiger partial charge in [0.15, 0.2) is 6.29 Å². The van der Waals surface area contributed by atoms with Gasteiger partial charge in [-0.05, 0) is 390 Å². The predicted molar refractivity (Wildman–Crippen MR) is 606 cm³/mol. The molecule has 2 saturated heterocycles. The molecule has 16 heteroatoms. The van der Waals surface area contributed by atoms with Crippen molar-refractivity contribution in [2.45, 2.75) is 316 Å². The summed E-state index contributed by atoms with van der Waals surface area (Å²) in [6.45, 7) is 68.1. The molecule has 13 aromatic carbocycles. The number of fused-ring (bicyclic) bond motifs is 9. The van der Waals surface area contributed by atoms with Crippen LogP contribution < -0.4 is 29.1 Å². The highest BCUT2D eigenvalue weighted by Crippen LogP contribution is 2.51. The topological polar surface area (TPSA) is 129 Å². The van der Waals surface area contributed by atoms with Crippen LogP contribution in [0.3, 0.4) is 0 Å². The first kappa shape index (κ1) is 105. The Morgan fingerprint density at radius 2 is 0.615 bits per heavy atom. The number of aryl methyl sites for hydroxylation is 8. The van der Waals surface area contributed by atoms with Gasteiger partial charge in [0.05, 0.1) is 101 Å². The van der Waals surface area contributed by atoms with E-state index in [9.17, 15) is 10.2 Å². The van der Waals surface area contributed by atoms with E-state index in [2.05, 4.69) is 454 Å². The van der Waals surface area contributed by atoms with Crippen molar-refractivity contribution in [2.24, 2.45) is 0 Å². The lowest BCUT2D eigenvalue weighted by Crippen LogP contribution is -2.41. The summed E-state index contributed by atoms with van der Waals surface area (Å²) in [7, 11) is -0.565. The Morgan fingerprint density at radius 3 is 0.944 bits per heavy atom.